The predicted molar refractivity (Wildman–Crippen MR) is 75.0 cm³/mol. The smallest absolute Gasteiger partial charge is 0.144 e. The van der Waals surface area contributed by atoms with Crippen molar-refractivity contribution in [2.45, 2.75) is 12.8 Å². The van der Waals surface area contributed by atoms with Crippen molar-refractivity contribution >= 4 is 6.08 Å². The minimum Gasteiger partial charge on any atom is -0.207 e. The fourth-order valence-corrected chi connectivity index (χ4v) is 2.05. The second-order valence-corrected chi connectivity index (χ2v) is 4.60. The van der Waals surface area contributed by atoms with Crippen LogP contribution in [-0.4, -0.2) is 0 Å². The van der Waals surface area contributed by atoms with Gasteiger partial charge in [-0.2, -0.15) is 5.26 Å². The van der Waals surface area contributed by atoms with E-state index >= 15 is 0 Å². The van der Waals surface area contributed by atoms with Crippen molar-refractivity contribution in [1.82, 2.24) is 0 Å². The molecular formula is C17H12F3N. The van der Waals surface area contributed by atoms with E-state index in [0.717, 1.165) is 12.1 Å². The number of hydrogen-bond donors (Lipinski definition) is 0. The van der Waals surface area contributed by atoms with Gasteiger partial charge in [-0.05, 0) is 47.7 Å². The molecule has 1 nitrogen and oxygen atoms in total. The van der Waals surface area contributed by atoms with Gasteiger partial charge in [-0.25, -0.2) is 13.2 Å². The van der Waals surface area contributed by atoms with Gasteiger partial charge in [0.25, 0.3) is 0 Å². The van der Waals surface area contributed by atoms with Gasteiger partial charge >= 0.3 is 0 Å². The van der Waals surface area contributed by atoms with E-state index in [1.807, 2.05) is 0 Å². The fraction of sp³-hybridized carbons (Fsp3) is 0.118. The van der Waals surface area contributed by atoms with Gasteiger partial charge in [0.1, 0.15) is 29.1 Å². The van der Waals surface area contributed by atoms with E-state index in [0.29, 0.717) is 23.1 Å². The lowest BCUT2D eigenvalue weighted by atomic mass is 10.0. The summed E-state index contributed by atoms with van der Waals surface area (Å²) in [4.78, 5) is 0. The lowest BCUT2D eigenvalue weighted by molar-refractivity contribution is 0.572. The van der Waals surface area contributed by atoms with Gasteiger partial charge in [0, 0.05) is 0 Å². The van der Waals surface area contributed by atoms with Crippen LogP contribution in [0.4, 0.5) is 13.2 Å². The highest BCUT2D eigenvalue weighted by atomic mass is 19.1. The van der Waals surface area contributed by atoms with E-state index in [2.05, 4.69) is 6.58 Å². The number of halogens is 3. The zero-order valence-electron chi connectivity index (χ0n) is 11.2. The predicted octanol–water partition coefficient (Wildman–Crippen LogP) is 4.40. The normalized spacial score (nSPS) is 10.2. The van der Waals surface area contributed by atoms with Crippen molar-refractivity contribution in [1.29, 1.82) is 5.26 Å². The maximum atomic E-state index is 13.8. The Kier molecular flexibility index (Phi) is 4.44. The van der Waals surface area contributed by atoms with E-state index in [-0.39, 0.29) is 12.2 Å². The average Bonchev–Trinajstić information content (AvgIpc) is 2.45. The molecule has 0 heterocycles. The van der Waals surface area contributed by atoms with Crippen LogP contribution in [0.5, 0.6) is 0 Å². The molecule has 106 valence electrons. The van der Waals surface area contributed by atoms with Gasteiger partial charge in [-0.15, -0.1) is 0 Å². The van der Waals surface area contributed by atoms with Crippen LogP contribution in [0.2, 0.25) is 0 Å². The molecule has 0 aliphatic carbocycles. The molecule has 0 radical (unpaired) electrons. The Bertz CT molecular complexity index is 706. The first-order chi connectivity index (χ1) is 10.0. The molecule has 0 amide bonds. The van der Waals surface area contributed by atoms with Gasteiger partial charge < -0.3 is 0 Å². The highest BCUT2D eigenvalue weighted by Crippen LogP contribution is 2.18. The summed E-state index contributed by atoms with van der Waals surface area (Å²) >= 11 is 0. The third-order valence-corrected chi connectivity index (χ3v) is 3.21. The maximum Gasteiger partial charge on any atom is 0.144 e. The second-order valence-electron chi connectivity index (χ2n) is 4.60. The molecule has 2 rings (SSSR count). The molecule has 0 atom stereocenters. The molecule has 0 aromatic heterocycles. The highest BCUT2D eigenvalue weighted by molar-refractivity contribution is 5.47. The number of hydrogen-bond acceptors (Lipinski definition) is 1. The van der Waals surface area contributed by atoms with Gasteiger partial charge in [0.05, 0.1) is 0 Å². The molecule has 4 heteroatoms. The Hall–Kier alpha value is -2.54. The first kappa shape index (κ1) is 14.9. The van der Waals surface area contributed by atoms with Crippen molar-refractivity contribution in [2.75, 3.05) is 0 Å². The quantitative estimate of drug-likeness (QED) is 0.817. The number of nitriles is 1. The fourth-order valence-electron chi connectivity index (χ4n) is 2.05. The monoisotopic (exact) mass is 287 g/mol. The summed E-state index contributed by atoms with van der Waals surface area (Å²) in [6, 6.07) is 8.40. The summed E-state index contributed by atoms with van der Waals surface area (Å²) in [5, 5.41) is 8.60. The number of nitrogens with zero attached hydrogens (tertiary/aromatic N) is 1. The molecule has 0 saturated heterocycles. The SMILES string of the molecule is C=Cc1ccc(CCc2cc(F)c(C#N)c(F)c2)c(F)c1. The lowest BCUT2D eigenvalue weighted by Gasteiger charge is -2.06. The molecule has 21 heavy (non-hydrogen) atoms. The molecule has 0 aliphatic rings. The second kappa shape index (κ2) is 6.27. The summed E-state index contributed by atoms with van der Waals surface area (Å²) in [6.07, 6.45) is 2.14. The van der Waals surface area contributed by atoms with E-state index in [9.17, 15) is 13.2 Å². The minimum atomic E-state index is -0.894. The molecule has 0 unspecified atom stereocenters. The molecule has 0 saturated carbocycles. The summed E-state index contributed by atoms with van der Waals surface area (Å²) < 4.78 is 40.7. The average molecular weight is 287 g/mol. The first-order valence-electron chi connectivity index (χ1n) is 6.34. The molecule has 0 bridgehead atoms. The molecule has 2 aromatic rings. The first-order valence-corrected chi connectivity index (χ1v) is 6.34. The summed E-state index contributed by atoms with van der Waals surface area (Å²) in [5.41, 5.74) is 0.925. The minimum absolute atomic E-state index is 0.282. The molecule has 0 N–H and O–H groups in total. The Balaban J connectivity index is 2.17. The van der Waals surface area contributed by atoms with E-state index in [1.54, 1.807) is 12.1 Å². The van der Waals surface area contributed by atoms with Crippen LogP contribution in [0.25, 0.3) is 6.08 Å². The van der Waals surface area contributed by atoms with Gasteiger partial charge in [0.15, 0.2) is 0 Å². The topological polar surface area (TPSA) is 23.8 Å². The van der Waals surface area contributed by atoms with E-state index in [4.69, 9.17) is 5.26 Å². The molecule has 0 spiro atoms. The number of aryl methyl sites for hydroxylation is 2. The molecule has 2 aromatic carbocycles. The van der Waals surface area contributed by atoms with Crippen molar-refractivity contribution in [3.63, 3.8) is 0 Å². The van der Waals surface area contributed by atoms with Crippen molar-refractivity contribution in [3.8, 4) is 6.07 Å². The van der Waals surface area contributed by atoms with Gasteiger partial charge in [-0.1, -0.05) is 24.8 Å². The zero-order chi connectivity index (χ0) is 15.4. The van der Waals surface area contributed by atoms with Crippen molar-refractivity contribution < 1.29 is 13.2 Å². The number of rotatable bonds is 4. The Morgan fingerprint density at radius 1 is 1.00 bits per heavy atom. The standard InChI is InChI=1S/C17H12F3N/c1-2-11-3-5-13(15(18)7-11)6-4-12-8-16(19)14(10-21)17(20)9-12/h2-3,5,7-9H,1,4,6H2. The van der Waals surface area contributed by atoms with Crippen molar-refractivity contribution in [2.24, 2.45) is 0 Å². The van der Waals surface area contributed by atoms with Gasteiger partial charge in [0.2, 0.25) is 0 Å². The maximum absolute atomic E-state index is 13.8. The van der Waals surface area contributed by atoms with Crippen LogP contribution >= 0.6 is 0 Å². The lowest BCUT2D eigenvalue weighted by Crippen LogP contribution is -1.99. The largest absolute Gasteiger partial charge is 0.207 e. The highest BCUT2D eigenvalue weighted by Gasteiger charge is 2.11. The van der Waals surface area contributed by atoms with Crippen LogP contribution in [0, 0.1) is 28.8 Å². The van der Waals surface area contributed by atoms with E-state index in [1.165, 1.54) is 18.2 Å². The Morgan fingerprint density at radius 2 is 1.67 bits per heavy atom. The Labute approximate surface area is 121 Å². The zero-order valence-corrected chi connectivity index (χ0v) is 11.2. The van der Waals surface area contributed by atoms with Crippen LogP contribution in [0.1, 0.15) is 22.3 Å². The van der Waals surface area contributed by atoms with Crippen LogP contribution < -0.4 is 0 Å². The summed E-state index contributed by atoms with van der Waals surface area (Å²) in [7, 11) is 0. The number of benzene rings is 2. The third-order valence-electron chi connectivity index (χ3n) is 3.21. The summed E-state index contributed by atoms with van der Waals surface area (Å²) in [5.74, 6) is -2.16. The van der Waals surface area contributed by atoms with Crippen LogP contribution in [0.3, 0.4) is 0 Å². The van der Waals surface area contributed by atoms with Gasteiger partial charge in [-0.3, -0.25) is 0 Å². The van der Waals surface area contributed by atoms with Crippen molar-refractivity contribution in [3.05, 3.63) is 76.6 Å². The molecular weight excluding hydrogens is 275 g/mol. The third kappa shape index (κ3) is 3.32. The van der Waals surface area contributed by atoms with Crippen LogP contribution in [-0.2, 0) is 12.8 Å². The van der Waals surface area contributed by atoms with E-state index < -0.39 is 17.2 Å². The molecule has 0 aliphatic heterocycles. The van der Waals surface area contributed by atoms with Crippen LogP contribution in [0.15, 0.2) is 36.9 Å². The Morgan fingerprint density at radius 3 is 2.19 bits per heavy atom. The molecule has 0 fully saturated rings. The summed E-state index contributed by atoms with van der Waals surface area (Å²) in [6.45, 7) is 3.55.